The highest BCUT2D eigenvalue weighted by atomic mass is 79.9. The Labute approximate surface area is 245 Å². The van der Waals surface area contributed by atoms with Crippen molar-refractivity contribution in [1.29, 1.82) is 0 Å². The number of nitrogens with zero attached hydrogens (tertiary/aromatic N) is 2. The van der Waals surface area contributed by atoms with Crippen molar-refractivity contribution in [3.05, 3.63) is 135 Å². The van der Waals surface area contributed by atoms with Gasteiger partial charge in [0.25, 0.3) is 0 Å². The molecule has 0 aliphatic carbocycles. The predicted octanol–water partition coefficient (Wildman–Crippen LogP) is 7.51. The number of rotatable bonds is 10. The van der Waals surface area contributed by atoms with E-state index in [9.17, 15) is 9.18 Å². The third-order valence-corrected chi connectivity index (χ3v) is 6.78. The van der Waals surface area contributed by atoms with Gasteiger partial charge < -0.3 is 18.5 Å². The van der Waals surface area contributed by atoms with E-state index in [1.165, 1.54) is 18.3 Å². The topological polar surface area (TPSA) is 78.0 Å². The molecule has 0 unspecified atom stereocenters. The molecule has 0 radical (unpaired) electrons. The molecule has 0 saturated heterocycles. The number of amides is 1. The number of ether oxygens (including phenoxy) is 2. The molecule has 0 atom stereocenters. The van der Waals surface area contributed by atoms with Crippen LogP contribution in [0.4, 0.5) is 4.39 Å². The lowest BCUT2D eigenvalue weighted by atomic mass is 10.2. The van der Waals surface area contributed by atoms with Crippen molar-refractivity contribution in [2.24, 2.45) is 5.10 Å². The summed E-state index contributed by atoms with van der Waals surface area (Å²) in [6.45, 7) is 4.56. The number of hydrogen-bond acceptors (Lipinski definition) is 5. The van der Waals surface area contributed by atoms with Crippen molar-refractivity contribution in [3.8, 4) is 17.2 Å². The molecule has 2 aromatic heterocycles. The first kappa shape index (κ1) is 27.9. The van der Waals surface area contributed by atoms with E-state index in [2.05, 4.69) is 57.0 Å². The number of furan rings is 1. The number of hydrogen-bond donors (Lipinski definition) is 1. The number of aryl methyl sites for hydroxylation is 2. The maximum Gasteiger partial charge on any atom is 0.307 e. The molecule has 208 valence electrons. The highest BCUT2D eigenvalue weighted by Crippen LogP contribution is 2.23. The lowest BCUT2D eigenvalue weighted by molar-refractivity contribution is 0.0923. The Morgan fingerprint density at radius 1 is 0.927 bits per heavy atom. The largest absolute Gasteiger partial charge is 0.488 e. The van der Waals surface area contributed by atoms with Crippen molar-refractivity contribution in [2.45, 2.75) is 27.1 Å². The number of carbonyl (C=O) groups excluding carboxylic acids is 1. The van der Waals surface area contributed by atoms with Gasteiger partial charge in [-0.15, -0.1) is 0 Å². The lowest BCUT2D eigenvalue weighted by Gasteiger charge is -2.10. The Bertz CT molecular complexity index is 1650. The summed E-state index contributed by atoms with van der Waals surface area (Å²) in [5.74, 6) is 1.05. The summed E-state index contributed by atoms with van der Waals surface area (Å²) in [4.78, 5) is 12.6. The summed E-state index contributed by atoms with van der Waals surface area (Å²) in [7, 11) is 0. The van der Waals surface area contributed by atoms with Gasteiger partial charge in [-0.2, -0.15) is 5.10 Å². The Morgan fingerprint density at radius 2 is 1.66 bits per heavy atom. The molecule has 0 saturated carbocycles. The summed E-state index contributed by atoms with van der Waals surface area (Å²) >= 11 is 3.44. The van der Waals surface area contributed by atoms with Gasteiger partial charge in [0.15, 0.2) is 5.76 Å². The molecule has 0 fully saturated rings. The van der Waals surface area contributed by atoms with Crippen LogP contribution in [0.1, 0.15) is 38.8 Å². The molecule has 0 aliphatic rings. The summed E-state index contributed by atoms with van der Waals surface area (Å²) in [5, 5.41) is 4.06. The number of benzene rings is 3. The van der Waals surface area contributed by atoms with Crippen LogP contribution in [-0.2, 0) is 13.2 Å². The molecule has 0 spiro atoms. The normalized spacial score (nSPS) is 11.1. The Kier molecular flexibility index (Phi) is 8.64. The predicted molar refractivity (Wildman–Crippen MR) is 158 cm³/mol. The second-order valence-corrected chi connectivity index (χ2v) is 10.2. The zero-order valence-corrected chi connectivity index (χ0v) is 24.0. The van der Waals surface area contributed by atoms with Crippen LogP contribution in [0.2, 0.25) is 0 Å². The monoisotopic (exact) mass is 615 g/mol. The standard InChI is InChI=1S/C32H27BrFN3O4/c1-21-3-4-22(2)37(21)27-10-12-28(13-11-27)39-20-29-14-16-31(41-29)32(38)36-35-18-24-17-25(33)7-15-30(24)40-19-23-5-8-26(34)9-6-23/h3-18H,19-20H2,1-2H3,(H,36,38)/b35-18+. The van der Waals surface area contributed by atoms with Gasteiger partial charge in [0, 0.05) is 27.1 Å². The van der Waals surface area contributed by atoms with Crippen LogP contribution in [0.15, 0.2) is 105 Å². The van der Waals surface area contributed by atoms with E-state index in [-0.39, 0.29) is 24.8 Å². The van der Waals surface area contributed by atoms with Crippen molar-refractivity contribution < 1.29 is 23.1 Å². The molecule has 7 nitrogen and oxygen atoms in total. The van der Waals surface area contributed by atoms with E-state index in [0.29, 0.717) is 22.8 Å². The Morgan fingerprint density at radius 3 is 2.39 bits per heavy atom. The highest BCUT2D eigenvalue weighted by Gasteiger charge is 2.12. The summed E-state index contributed by atoms with van der Waals surface area (Å²) in [6, 6.07) is 26.7. The van der Waals surface area contributed by atoms with E-state index in [4.69, 9.17) is 13.9 Å². The van der Waals surface area contributed by atoms with Crippen LogP contribution in [0, 0.1) is 19.7 Å². The number of carbonyl (C=O) groups is 1. The van der Waals surface area contributed by atoms with Gasteiger partial charge in [-0.05, 0) is 98.3 Å². The zero-order chi connectivity index (χ0) is 28.8. The van der Waals surface area contributed by atoms with Crippen LogP contribution in [0.5, 0.6) is 11.5 Å². The molecule has 1 N–H and O–H groups in total. The quantitative estimate of drug-likeness (QED) is 0.130. The zero-order valence-electron chi connectivity index (χ0n) is 22.4. The molecular weight excluding hydrogens is 589 g/mol. The maximum atomic E-state index is 13.2. The molecular formula is C32H27BrFN3O4. The van der Waals surface area contributed by atoms with Gasteiger partial charge in [0.2, 0.25) is 0 Å². The number of hydrazone groups is 1. The van der Waals surface area contributed by atoms with Crippen LogP contribution in [-0.4, -0.2) is 16.7 Å². The van der Waals surface area contributed by atoms with Crippen molar-refractivity contribution in [3.63, 3.8) is 0 Å². The number of halogens is 2. The van der Waals surface area contributed by atoms with Gasteiger partial charge in [0.1, 0.15) is 36.3 Å². The van der Waals surface area contributed by atoms with Crippen molar-refractivity contribution in [1.82, 2.24) is 9.99 Å². The first-order chi connectivity index (χ1) is 19.9. The highest BCUT2D eigenvalue weighted by molar-refractivity contribution is 9.10. The molecule has 0 bridgehead atoms. The van der Waals surface area contributed by atoms with Gasteiger partial charge in [-0.25, -0.2) is 9.82 Å². The SMILES string of the molecule is Cc1ccc(C)n1-c1ccc(OCc2ccc(C(=O)N/N=C/c3cc(Br)ccc3OCc3ccc(F)cc3)o2)cc1. The number of nitrogens with one attached hydrogen (secondary N) is 1. The first-order valence-corrected chi connectivity index (χ1v) is 13.6. The number of aromatic nitrogens is 1. The fourth-order valence-corrected chi connectivity index (χ4v) is 4.59. The van der Waals surface area contributed by atoms with Gasteiger partial charge in [0.05, 0.1) is 6.21 Å². The average Bonchev–Trinajstić information content (AvgIpc) is 3.58. The Balaban J connectivity index is 1.15. The molecule has 2 heterocycles. The molecule has 3 aromatic carbocycles. The molecule has 5 aromatic rings. The van der Waals surface area contributed by atoms with Crippen molar-refractivity contribution >= 4 is 28.1 Å². The van der Waals surface area contributed by atoms with Crippen LogP contribution >= 0.6 is 15.9 Å². The van der Waals surface area contributed by atoms with E-state index in [1.807, 2.05) is 36.4 Å². The van der Waals surface area contributed by atoms with Gasteiger partial charge in [-0.3, -0.25) is 4.79 Å². The molecule has 1 amide bonds. The molecule has 0 aliphatic heterocycles. The fourth-order valence-electron chi connectivity index (χ4n) is 4.21. The summed E-state index contributed by atoms with van der Waals surface area (Å²) in [6.07, 6.45) is 1.48. The Hall–Kier alpha value is -4.63. The third kappa shape index (κ3) is 7.12. The van der Waals surface area contributed by atoms with Gasteiger partial charge >= 0.3 is 5.91 Å². The smallest absolute Gasteiger partial charge is 0.307 e. The fraction of sp³-hybridized carbons (Fsp3) is 0.125. The molecule has 41 heavy (non-hydrogen) atoms. The third-order valence-electron chi connectivity index (χ3n) is 6.28. The van der Waals surface area contributed by atoms with Crippen LogP contribution in [0.25, 0.3) is 5.69 Å². The van der Waals surface area contributed by atoms with E-state index >= 15 is 0 Å². The second-order valence-electron chi connectivity index (χ2n) is 9.30. The van der Waals surface area contributed by atoms with E-state index in [0.717, 1.165) is 27.1 Å². The minimum absolute atomic E-state index is 0.108. The average molecular weight is 616 g/mol. The summed E-state index contributed by atoms with van der Waals surface area (Å²) in [5.41, 5.74) is 7.32. The lowest BCUT2D eigenvalue weighted by Crippen LogP contribution is -2.16. The minimum atomic E-state index is -0.502. The minimum Gasteiger partial charge on any atom is -0.488 e. The van der Waals surface area contributed by atoms with E-state index < -0.39 is 5.91 Å². The van der Waals surface area contributed by atoms with Crippen molar-refractivity contribution in [2.75, 3.05) is 0 Å². The van der Waals surface area contributed by atoms with Crippen LogP contribution < -0.4 is 14.9 Å². The van der Waals surface area contributed by atoms with E-state index in [1.54, 1.807) is 30.3 Å². The maximum absolute atomic E-state index is 13.2. The van der Waals surface area contributed by atoms with Gasteiger partial charge in [-0.1, -0.05) is 28.1 Å². The molecule has 9 heteroatoms. The molecule has 5 rings (SSSR count). The summed E-state index contributed by atoms with van der Waals surface area (Å²) < 4.78 is 33.5. The second kappa shape index (κ2) is 12.7. The first-order valence-electron chi connectivity index (χ1n) is 12.8. The van der Waals surface area contributed by atoms with Crippen LogP contribution in [0.3, 0.4) is 0 Å².